The number of aryl methyl sites for hydroxylation is 2. The van der Waals surface area contributed by atoms with E-state index < -0.39 is 5.56 Å². The van der Waals surface area contributed by atoms with Gasteiger partial charge in [0.05, 0.1) is 11.0 Å². The molecule has 0 saturated heterocycles. The van der Waals surface area contributed by atoms with Gasteiger partial charge in [-0.1, -0.05) is 35.0 Å². The van der Waals surface area contributed by atoms with Gasteiger partial charge in [0.1, 0.15) is 6.54 Å². The highest BCUT2D eigenvalue weighted by molar-refractivity contribution is 9.10. The molecule has 30 heavy (non-hydrogen) atoms. The van der Waals surface area contributed by atoms with E-state index in [-0.39, 0.29) is 30.6 Å². The average molecular weight is 471 g/mol. The van der Waals surface area contributed by atoms with Crippen molar-refractivity contribution in [2.24, 2.45) is 0 Å². The van der Waals surface area contributed by atoms with Crippen LogP contribution in [0.3, 0.4) is 0 Å². The second-order valence-corrected chi connectivity index (χ2v) is 7.89. The van der Waals surface area contributed by atoms with Crippen molar-refractivity contribution < 1.29 is 9.59 Å². The van der Waals surface area contributed by atoms with E-state index in [0.29, 0.717) is 16.7 Å². The van der Waals surface area contributed by atoms with Crippen molar-refractivity contribution in [3.8, 4) is 0 Å². The molecule has 8 heteroatoms. The van der Waals surface area contributed by atoms with Gasteiger partial charge in [-0.2, -0.15) is 0 Å². The largest absolute Gasteiger partial charge is 0.325 e. The van der Waals surface area contributed by atoms with Crippen molar-refractivity contribution in [1.29, 1.82) is 0 Å². The van der Waals surface area contributed by atoms with Gasteiger partial charge >= 0.3 is 0 Å². The van der Waals surface area contributed by atoms with Gasteiger partial charge in [0.15, 0.2) is 0 Å². The number of fused-ring (bicyclic) bond motifs is 1. The lowest BCUT2D eigenvalue weighted by molar-refractivity contribution is -0.118. The average Bonchev–Trinajstić information content (AvgIpc) is 2.72. The number of nitrogens with one attached hydrogen (secondary N) is 1. The van der Waals surface area contributed by atoms with Crippen molar-refractivity contribution in [3.63, 3.8) is 0 Å². The van der Waals surface area contributed by atoms with E-state index in [1.165, 1.54) is 16.5 Å². The summed E-state index contributed by atoms with van der Waals surface area (Å²) in [7, 11) is 1.52. The number of halogens is 1. The summed E-state index contributed by atoms with van der Waals surface area (Å²) in [6.07, 6.45) is 0.243. The second-order valence-electron chi connectivity index (χ2n) is 7.09. The van der Waals surface area contributed by atoms with Gasteiger partial charge in [0.2, 0.25) is 17.6 Å². The summed E-state index contributed by atoms with van der Waals surface area (Å²) < 4.78 is 2.34. The van der Waals surface area contributed by atoms with Crippen LogP contribution >= 0.6 is 15.9 Å². The van der Waals surface area contributed by atoms with Gasteiger partial charge < -0.3 is 5.32 Å². The van der Waals surface area contributed by atoms with E-state index in [4.69, 9.17) is 0 Å². The number of hydrogen-bond acceptors (Lipinski definition) is 4. The highest BCUT2D eigenvalue weighted by atomic mass is 79.9. The van der Waals surface area contributed by atoms with E-state index in [0.717, 1.165) is 15.6 Å². The van der Waals surface area contributed by atoms with Crippen LogP contribution in [0.4, 0.5) is 11.5 Å². The van der Waals surface area contributed by atoms with E-state index >= 15 is 0 Å². The Bertz CT molecular complexity index is 1180. The molecular weight excluding hydrogens is 448 g/mol. The molecule has 7 nitrogen and oxygen atoms in total. The highest BCUT2D eigenvalue weighted by Gasteiger charge is 2.19. The number of carbonyl (C=O) groups is 2. The fourth-order valence-corrected chi connectivity index (χ4v) is 3.50. The topological polar surface area (TPSA) is 84.3 Å². The Balaban J connectivity index is 2.00. The smallest absolute Gasteiger partial charge is 0.294 e. The third kappa shape index (κ3) is 4.28. The molecule has 3 aromatic rings. The molecule has 0 aliphatic carbocycles. The van der Waals surface area contributed by atoms with E-state index in [9.17, 15) is 14.4 Å². The zero-order valence-electron chi connectivity index (χ0n) is 17.3. The van der Waals surface area contributed by atoms with Crippen LogP contribution in [0.5, 0.6) is 0 Å². The third-order valence-corrected chi connectivity index (χ3v) is 6.10. The maximum absolute atomic E-state index is 13.1. The molecule has 2 amide bonds. The maximum Gasteiger partial charge on any atom is 0.294 e. The molecule has 0 fully saturated rings. The number of anilines is 2. The minimum Gasteiger partial charge on any atom is -0.325 e. The van der Waals surface area contributed by atoms with Crippen LogP contribution in [0.2, 0.25) is 0 Å². The Morgan fingerprint density at radius 2 is 1.80 bits per heavy atom. The van der Waals surface area contributed by atoms with E-state index in [1.807, 2.05) is 26.0 Å². The van der Waals surface area contributed by atoms with Crippen LogP contribution in [0, 0.1) is 13.8 Å². The summed E-state index contributed by atoms with van der Waals surface area (Å²) in [5, 5.41) is 2.85. The molecule has 0 saturated carbocycles. The van der Waals surface area contributed by atoms with Gasteiger partial charge in [0.25, 0.3) is 5.56 Å². The zero-order chi connectivity index (χ0) is 22.0. The van der Waals surface area contributed by atoms with Crippen LogP contribution in [0.15, 0.2) is 45.7 Å². The lowest BCUT2D eigenvalue weighted by Crippen LogP contribution is -2.36. The number of aromatic nitrogens is 2. The minimum absolute atomic E-state index is 0.00341. The molecule has 0 spiro atoms. The van der Waals surface area contributed by atoms with Crippen LogP contribution in [-0.4, -0.2) is 28.4 Å². The third-order valence-electron chi connectivity index (χ3n) is 4.85. The Morgan fingerprint density at radius 1 is 1.17 bits per heavy atom. The predicted molar refractivity (Wildman–Crippen MR) is 122 cm³/mol. The van der Waals surface area contributed by atoms with Crippen molar-refractivity contribution in [3.05, 3.63) is 62.4 Å². The standard InChI is InChI=1S/C22H23BrN4O3/c1-5-19(29)26(4)21-22(30)27(17-9-7-6-8-16(17)25-21)12-18(28)24-15-10-13(2)20(23)14(3)11-15/h6-11H,5,12H2,1-4H3,(H,24,28). The lowest BCUT2D eigenvalue weighted by atomic mass is 10.1. The number of carbonyl (C=O) groups excluding carboxylic acids is 2. The quantitative estimate of drug-likeness (QED) is 0.614. The molecule has 3 rings (SSSR count). The molecule has 0 unspecified atom stereocenters. The summed E-state index contributed by atoms with van der Waals surface area (Å²) in [6, 6.07) is 10.8. The number of rotatable bonds is 5. The lowest BCUT2D eigenvalue weighted by Gasteiger charge is -2.18. The number of hydrogen-bond donors (Lipinski definition) is 1. The van der Waals surface area contributed by atoms with Crippen LogP contribution < -0.4 is 15.8 Å². The molecule has 0 aliphatic heterocycles. The van der Waals surface area contributed by atoms with Crippen molar-refractivity contribution in [1.82, 2.24) is 9.55 Å². The summed E-state index contributed by atoms with van der Waals surface area (Å²) in [6.45, 7) is 5.41. The fourth-order valence-electron chi connectivity index (χ4n) is 3.27. The van der Waals surface area contributed by atoms with Crippen LogP contribution in [0.25, 0.3) is 11.0 Å². The number of benzene rings is 2. The zero-order valence-corrected chi connectivity index (χ0v) is 18.9. The molecule has 156 valence electrons. The summed E-state index contributed by atoms with van der Waals surface area (Å²) in [5.41, 5.74) is 3.23. The Kier molecular flexibility index (Phi) is 6.36. The van der Waals surface area contributed by atoms with Crippen molar-refractivity contribution >= 4 is 50.3 Å². The first kappa shape index (κ1) is 21.7. The van der Waals surface area contributed by atoms with Gasteiger partial charge in [-0.15, -0.1) is 0 Å². The molecule has 2 aromatic carbocycles. The minimum atomic E-state index is -0.490. The monoisotopic (exact) mass is 470 g/mol. The number of nitrogens with zero attached hydrogens (tertiary/aromatic N) is 3. The maximum atomic E-state index is 13.1. The van der Waals surface area contributed by atoms with Crippen molar-refractivity contribution in [2.45, 2.75) is 33.7 Å². The molecular formula is C22H23BrN4O3. The normalized spacial score (nSPS) is 10.8. The predicted octanol–water partition coefficient (Wildman–Crippen LogP) is 3.79. The fraction of sp³-hybridized carbons (Fsp3) is 0.273. The molecule has 0 radical (unpaired) electrons. The first-order chi connectivity index (χ1) is 14.2. The Labute approximate surface area is 182 Å². The molecule has 0 atom stereocenters. The highest BCUT2D eigenvalue weighted by Crippen LogP contribution is 2.25. The van der Waals surface area contributed by atoms with Gasteiger partial charge in [0, 0.05) is 23.6 Å². The molecule has 1 aromatic heterocycles. The first-order valence-electron chi connectivity index (χ1n) is 9.55. The van der Waals surface area contributed by atoms with Gasteiger partial charge in [-0.3, -0.25) is 23.9 Å². The van der Waals surface area contributed by atoms with Crippen molar-refractivity contribution in [2.75, 3.05) is 17.3 Å². The summed E-state index contributed by atoms with van der Waals surface area (Å²) >= 11 is 3.51. The Morgan fingerprint density at radius 3 is 2.43 bits per heavy atom. The van der Waals surface area contributed by atoms with E-state index in [2.05, 4.69) is 26.2 Å². The van der Waals surface area contributed by atoms with Gasteiger partial charge in [-0.25, -0.2) is 4.98 Å². The molecule has 0 aliphatic rings. The number of amides is 2. The Hall–Kier alpha value is -3.00. The van der Waals surface area contributed by atoms with Gasteiger partial charge in [-0.05, 0) is 49.2 Å². The molecule has 0 bridgehead atoms. The summed E-state index contributed by atoms with van der Waals surface area (Å²) in [5.74, 6) is -0.569. The van der Waals surface area contributed by atoms with E-state index in [1.54, 1.807) is 31.2 Å². The number of para-hydroxylation sites is 2. The molecule has 1 N–H and O–H groups in total. The second kappa shape index (κ2) is 8.79. The van der Waals surface area contributed by atoms with Crippen LogP contribution in [0.1, 0.15) is 24.5 Å². The summed E-state index contributed by atoms with van der Waals surface area (Å²) in [4.78, 5) is 43.6. The SMILES string of the molecule is CCC(=O)N(C)c1nc2ccccc2n(CC(=O)Nc2cc(C)c(Br)c(C)c2)c1=O. The van der Waals surface area contributed by atoms with Crippen LogP contribution in [-0.2, 0) is 16.1 Å². The first-order valence-corrected chi connectivity index (χ1v) is 10.3. The molecule has 1 heterocycles.